The summed E-state index contributed by atoms with van der Waals surface area (Å²) in [5.41, 5.74) is 0.345. The summed E-state index contributed by atoms with van der Waals surface area (Å²) in [4.78, 5) is 17.9. The summed E-state index contributed by atoms with van der Waals surface area (Å²) < 4.78 is 16.3. The van der Waals surface area contributed by atoms with Gasteiger partial charge in [0.05, 0.1) is 18.6 Å². The van der Waals surface area contributed by atoms with E-state index in [1.165, 1.54) is 12.7 Å². The Kier molecular flexibility index (Phi) is 3.18. The van der Waals surface area contributed by atoms with Gasteiger partial charge in [0, 0.05) is 25.9 Å². The molecule has 2 aliphatic rings. The van der Waals surface area contributed by atoms with E-state index in [2.05, 4.69) is 15.2 Å². The molecule has 0 bridgehead atoms. The molecule has 22 heavy (non-hydrogen) atoms. The van der Waals surface area contributed by atoms with E-state index in [-0.39, 0.29) is 18.1 Å². The van der Waals surface area contributed by atoms with Crippen LogP contribution in [-0.4, -0.2) is 51.3 Å². The molecule has 2 aliphatic heterocycles. The number of amides is 1. The molecule has 2 aromatic rings. The van der Waals surface area contributed by atoms with Crippen molar-refractivity contribution in [2.45, 2.75) is 32.0 Å². The van der Waals surface area contributed by atoms with Crippen LogP contribution in [-0.2, 0) is 11.2 Å². The van der Waals surface area contributed by atoms with E-state index < -0.39 is 0 Å². The first-order valence-electron chi connectivity index (χ1n) is 7.31. The highest BCUT2D eigenvalue weighted by Gasteiger charge is 2.44. The minimum absolute atomic E-state index is 0.0740. The molecule has 2 fully saturated rings. The quantitative estimate of drug-likeness (QED) is 0.829. The number of likely N-dealkylation sites (tertiary alicyclic amines) is 1. The number of fused-ring (bicyclic) bond motifs is 1. The first-order valence-corrected chi connectivity index (χ1v) is 7.31. The first kappa shape index (κ1) is 13.4. The molecule has 0 radical (unpaired) electrons. The molecule has 0 aromatic carbocycles. The summed E-state index contributed by atoms with van der Waals surface area (Å²) in [6.45, 7) is 3.06. The molecule has 0 saturated carbocycles. The van der Waals surface area contributed by atoms with Crippen molar-refractivity contribution in [3.05, 3.63) is 30.1 Å². The van der Waals surface area contributed by atoms with Gasteiger partial charge in [-0.1, -0.05) is 0 Å². The maximum absolute atomic E-state index is 12.2. The molecule has 0 unspecified atom stereocenters. The number of rotatable bonds is 3. The highest BCUT2D eigenvalue weighted by molar-refractivity contribution is 5.92. The smallest absolute Gasteiger partial charge is 0.275 e. The average molecular weight is 304 g/mol. The van der Waals surface area contributed by atoms with Gasteiger partial charge < -0.3 is 18.5 Å². The van der Waals surface area contributed by atoms with Crippen LogP contribution in [0.4, 0.5) is 0 Å². The molecule has 8 heteroatoms. The third-order valence-corrected chi connectivity index (χ3v) is 4.22. The maximum Gasteiger partial charge on any atom is 0.275 e. The van der Waals surface area contributed by atoms with Crippen molar-refractivity contribution in [1.29, 1.82) is 0 Å². The standard InChI is InChI=1S/C14H16N4O4/c1-8-16-17-13(21-8)3-10-2-9-4-18(5-12(9)22-10)14(19)11-6-20-7-15-11/h6-7,9-10,12H,2-5H2,1H3/t9-,10+,12+/m0/s1. The molecule has 116 valence electrons. The molecule has 4 heterocycles. The molecule has 8 nitrogen and oxygen atoms in total. The van der Waals surface area contributed by atoms with Crippen LogP contribution < -0.4 is 0 Å². The lowest BCUT2D eigenvalue weighted by Crippen LogP contribution is -2.31. The Morgan fingerprint density at radius 2 is 2.32 bits per heavy atom. The fraction of sp³-hybridized carbons (Fsp3) is 0.571. The van der Waals surface area contributed by atoms with Crippen LogP contribution in [0.3, 0.4) is 0 Å². The van der Waals surface area contributed by atoms with Crippen LogP contribution in [0.15, 0.2) is 21.5 Å². The Bertz CT molecular complexity index is 654. The van der Waals surface area contributed by atoms with E-state index in [1.54, 1.807) is 11.8 Å². The van der Waals surface area contributed by atoms with E-state index in [0.717, 1.165) is 6.42 Å². The average Bonchev–Trinajstić information content (AvgIpc) is 3.21. The predicted octanol–water partition coefficient (Wildman–Crippen LogP) is 0.838. The van der Waals surface area contributed by atoms with Crippen LogP contribution in [0.5, 0.6) is 0 Å². The lowest BCUT2D eigenvalue weighted by molar-refractivity contribution is 0.0334. The van der Waals surface area contributed by atoms with Crippen LogP contribution in [0.2, 0.25) is 0 Å². The minimum Gasteiger partial charge on any atom is -0.451 e. The summed E-state index contributed by atoms with van der Waals surface area (Å²) in [5.74, 6) is 1.43. The molecule has 0 N–H and O–H groups in total. The van der Waals surface area contributed by atoms with Crippen molar-refractivity contribution < 1.29 is 18.4 Å². The molecule has 0 aliphatic carbocycles. The van der Waals surface area contributed by atoms with Gasteiger partial charge in [-0.15, -0.1) is 10.2 Å². The molecule has 0 spiro atoms. The Morgan fingerprint density at radius 3 is 3.00 bits per heavy atom. The van der Waals surface area contributed by atoms with Gasteiger partial charge in [-0.3, -0.25) is 4.79 Å². The van der Waals surface area contributed by atoms with Crippen molar-refractivity contribution in [1.82, 2.24) is 20.1 Å². The van der Waals surface area contributed by atoms with Gasteiger partial charge in [-0.05, 0) is 6.42 Å². The van der Waals surface area contributed by atoms with E-state index >= 15 is 0 Å². The SMILES string of the molecule is Cc1nnc(C[C@H]2C[C@H]3CN(C(=O)c4cocn4)C[C@H]3O2)o1. The van der Waals surface area contributed by atoms with Crippen molar-refractivity contribution in [2.75, 3.05) is 13.1 Å². The lowest BCUT2D eigenvalue weighted by Gasteiger charge is -2.17. The Morgan fingerprint density at radius 1 is 1.41 bits per heavy atom. The van der Waals surface area contributed by atoms with Gasteiger partial charge in [0.25, 0.3) is 5.91 Å². The number of aromatic nitrogens is 3. The molecule has 3 atom stereocenters. The van der Waals surface area contributed by atoms with E-state index in [4.69, 9.17) is 13.6 Å². The number of carbonyl (C=O) groups excluding carboxylic acids is 1. The first-order chi connectivity index (χ1) is 10.7. The van der Waals surface area contributed by atoms with E-state index in [0.29, 0.717) is 42.9 Å². The van der Waals surface area contributed by atoms with Crippen molar-refractivity contribution in [2.24, 2.45) is 5.92 Å². The number of ether oxygens (including phenoxy) is 1. The van der Waals surface area contributed by atoms with Crippen LogP contribution >= 0.6 is 0 Å². The second-order valence-corrected chi connectivity index (χ2v) is 5.80. The van der Waals surface area contributed by atoms with Crippen molar-refractivity contribution in [3.63, 3.8) is 0 Å². The molecule has 2 saturated heterocycles. The van der Waals surface area contributed by atoms with Gasteiger partial charge >= 0.3 is 0 Å². The Balaban J connectivity index is 1.35. The third-order valence-electron chi connectivity index (χ3n) is 4.22. The maximum atomic E-state index is 12.2. The van der Waals surface area contributed by atoms with E-state index in [9.17, 15) is 4.79 Å². The minimum atomic E-state index is -0.101. The molecule has 4 rings (SSSR count). The second kappa shape index (κ2) is 5.20. The zero-order valence-corrected chi connectivity index (χ0v) is 12.1. The highest BCUT2D eigenvalue weighted by Crippen LogP contribution is 2.34. The van der Waals surface area contributed by atoms with Crippen LogP contribution in [0, 0.1) is 12.8 Å². The van der Waals surface area contributed by atoms with Crippen molar-refractivity contribution >= 4 is 5.91 Å². The van der Waals surface area contributed by atoms with Gasteiger partial charge in [0.2, 0.25) is 11.8 Å². The third kappa shape index (κ3) is 2.39. The number of hydrogen-bond donors (Lipinski definition) is 0. The number of aryl methyl sites for hydroxylation is 1. The number of carbonyl (C=O) groups is 1. The number of oxazole rings is 1. The monoisotopic (exact) mass is 304 g/mol. The highest BCUT2D eigenvalue weighted by atomic mass is 16.5. The summed E-state index contributed by atoms with van der Waals surface area (Å²) in [6, 6.07) is 0. The zero-order valence-electron chi connectivity index (χ0n) is 12.1. The fourth-order valence-electron chi connectivity index (χ4n) is 3.25. The molecular weight excluding hydrogens is 288 g/mol. The summed E-state index contributed by atoms with van der Waals surface area (Å²) in [7, 11) is 0. The molecule has 1 amide bonds. The van der Waals surface area contributed by atoms with Gasteiger partial charge in [-0.2, -0.15) is 0 Å². The number of hydrogen-bond acceptors (Lipinski definition) is 7. The van der Waals surface area contributed by atoms with E-state index in [1.807, 2.05) is 0 Å². The largest absolute Gasteiger partial charge is 0.451 e. The van der Waals surface area contributed by atoms with Crippen molar-refractivity contribution in [3.8, 4) is 0 Å². The van der Waals surface area contributed by atoms with Gasteiger partial charge in [0.1, 0.15) is 6.26 Å². The fourth-order valence-corrected chi connectivity index (χ4v) is 3.25. The predicted molar refractivity (Wildman–Crippen MR) is 71.9 cm³/mol. The van der Waals surface area contributed by atoms with Gasteiger partial charge in [-0.25, -0.2) is 4.98 Å². The Hall–Kier alpha value is -2.22. The van der Waals surface area contributed by atoms with Crippen LogP contribution in [0.25, 0.3) is 0 Å². The topological polar surface area (TPSA) is 94.5 Å². The zero-order chi connectivity index (χ0) is 15.1. The second-order valence-electron chi connectivity index (χ2n) is 5.80. The van der Waals surface area contributed by atoms with Gasteiger partial charge in [0.15, 0.2) is 12.1 Å². The number of nitrogens with zero attached hydrogens (tertiary/aromatic N) is 4. The summed E-state index contributed by atoms with van der Waals surface area (Å²) in [5, 5.41) is 7.82. The Labute approximate surface area is 126 Å². The summed E-state index contributed by atoms with van der Waals surface area (Å²) in [6.07, 6.45) is 4.32. The molecular formula is C14H16N4O4. The summed E-state index contributed by atoms with van der Waals surface area (Å²) >= 11 is 0. The normalized spacial score (nSPS) is 27.3. The lowest BCUT2D eigenvalue weighted by atomic mass is 10.0. The molecule has 2 aromatic heterocycles. The van der Waals surface area contributed by atoms with Crippen LogP contribution in [0.1, 0.15) is 28.7 Å².